The second kappa shape index (κ2) is 7.50. The van der Waals surface area contributed by atoms with E-state index in [-0.39, 0.29) is 6.54 Å². The van der Waals surface area contributed by atoms with Gasteiger partial charge >= 0.3 is 11.8 Å². The fourth-order valence-electron chi connectivity index (χ4n) is 1.81. The summed E-state index contributed by atoms with van der Waals surface area (Å²) in [5.41, 5.74) is -0.417. The first-order valence-corrected chi connectivity index (χ1v) is 6.61. The summed E-state index contributed by atoms with van der Waals surface area (Å²) in [5, 5.41) is 4.32. The van der Waals surface area contributed by atoms with Crippen molar-refractivity contribution < 1.29 is 27.5 Å². The summed E-state index contributed by atoms with van der Waals surface area (Å²) in [5.74, 6) is -3.24. The van der Waals surface area contributed by atoms with E-state index in [9.17, 15) is 18.4 Å². The Morgan fingerprint density at radius 2 is 2.04 bits per heavy atom. The van der Waals surface area contributed by atoms with Crippen molar-refractivity contribution in [3.05, 3.63) is 54.0 Å². The highest BCUT2D eigenvalue weighted by Crippen LogP contribution is 2.16. The molecule has 0 saturated carbocycles. The Labute approximate surface area is 130 Å². The lowest BCUT2D eigenvalue weighted by atomic mass is 10.2. The van der Waals surface area contributed by atoms with E-state index in [1.54, 1.807) is 12.1 Å². The van der Waals surface area contributed by atoms with Crippen molar-refractivity contribution in [2.75, 3.05) is 19.0 Å². The van der Waals surface area contributed by atoms with Gasteiger partial charge in [-0.15, -0.1) is 0 Å². The zero-order valence-electron chi connectivity index (χ0n) is 12.1. The van der Waals surface area contributed by atoms with Crippen LogP contribution in [0.15, 0.2) is 41.0 Å². The molecule has 2 aromatic rings. The summed E-state index contributed by atoms with van der Waals surface area (Å²) in [6.07, 6.45) is 0.871. The van der Waals surface area contributed by atoms with E-state index in [0.29, 0.717) is 5.76 Å². The maximum Gasteiger partial charge on any atom is 0.313 e. The SMILES string of the molecule is COC(CNC(=O)C(=O)Nc1cc(F)ccc1F)c1ccco1. The molecule has 0 aliphatic heterocycles. The van der Waals surface area contributed by atoms with Gasteiger partial charge in [0.2, 0.25) is 0 Å². The van der Waals surface area contributed by atoms with Crippen molar-refractivity contribution in [3.8, 4) is 0 Å². The smallest absolute Gasteiger partial charge is 0.313 e. The van der Waals surface area contributed by atoms with E-state index in [0.717, 1.165) is 18.2 Å². The molecule has 6 nitrogen and oxygen atoms in total. The Morgan fingerprint density at radius 3 is 2.70 bits per heavy atom. The van der Waals surface area contributed by atoms with Crippen molar-refractivity contribution in [3.63, 3.8) is 0 Å². The predicted molar refractivity (Wildman–Crippen MR) is 76.5 cm³/mol. The third-order valence-corrected chi connectivity index (χ3v) is 2.98. The number of rotatable bonds is 5. The molecule has 1 aromatic carbocycles. The minimum absolute atomic E-state index is 0.0259. The minimum Gasteiger partial charge on any atom is -0.467 e. The number of hydrogen-bond donors (Lipinski definition) is 2. The van der Waals surface area contributed by atoms with E-state index in [1.165, 1.54) is 13.4 Å². The third-order valence-electron chi connectivity index (χ3n) is 2.98. The van der Waals surface area contributed by atoms with Gasteiger partial charge < -0.3 is 19.8 Å². The molecular weight excluding hydrogens is 310 g/mol. The molecule has 0 spiro atoms. The van der Waals surface area contributed by atoms with Crippen LogP contribution in [0.4, 0.5) is 14.5 Å². The van der Waals surface area contributed by atoms with Gasteiger partial charge in [0, 0.05) is 13.2 Å². The van der Waals surface area contributed by atoms with Crippen LogP contribution in [-0.2, 0) is 14.3 Å². The highest BCUT2D eigenvalue weighted by atomic mass is 19.1. The molecule has 2 rings (SSSR count). The Kier molecular flexibility index (Phi) is 5.42. The van der Waals surface area contributed by atoms with E-state index >= 15 is 0 Å². The number of carbonyl (C=O) groups excluding carboxylic acids is 2. The number of nitrogens with one attached hydrogen (secondary N) is 2. The molecule has 0 radical (unpaired) electrons. The highest BCUT2D eigenvalue weighted by molar-refractivity contribution is 6.39. The van der Waals surface area contributed by atoms with Gasteiger partial charge in [-0.3, -0.25) is 9.59 Å². The standard InChI is InChI=1S/C15H14F2N2O4/c1-22-13(12-3-2-6-23-12)8-18-14(20)15(21)19-11-7-9(16)4-5-10(11)17/h2-7,13H,8H2,1H3,(H,18,20)(H,19,21). The van der Waals surface area contributed by atoms with Crippen LogP contribution in [0, 0.1) is 11.6 Å². The van der Waals surface area contributed by atoms with Gasteiger partial charge in [-0.2, -0.15) is 0 Å². The number of halogens is 2. The maximum absolute atomic E-state index is 13.4. The number of anilines is 1. The maximum atomic E-state index is 13.4. The van der Waals surface area contributed by atoms with Crippen LogP contribution in [0.5, 0.6) is 0 Å². The first kappa shape index (κ1) is 16.6. The molecule has 0 aliphatic rings. The molecule has 1 unspecified atom stereocenters. The van der Waals surface area contributed by atoms with Gasteiger partial charge in [-0.25, -0.2) is 8.78 Å². The topological polar surface area (TPSA) is 80.6 Å². The number of methoxy groups -OCH3 is 1. The monoisotopic (exact) mass is 324 g/mol. The first-order valence-electron chi connectivity index (χ1n) is 6.61. The summed E-state index contributed by atoms with van der Waals surface area (Å²) >= 11 is 0. The summed E-state index contributed by atoms with van der Waals surface area (Å²) in [4.78, 5) is 23.4. The molecule has 1 aromatic heterocycles. The minimum atomic E-state index is -1.12. The lowest BCUT2D eigenvalue weighted by Crippen LogP contribution is -2.38. The van der Waals surface area contributed by atoms with Gasteiger partial charge in [0.05, 0.1) is 18.5 Å². The van der Waals surface area contributed by atoms with Crippen LogP contribution in [0.2, 0.25) is 0 Å². The van der Waals surface area contributed by atoms with E-state index in [4.69, 9.17) is 9.15 Å². The molecule has 1 atom stereocenters. The van der Waals surface area contributed by atoms with Gasteiger partial charge in [0.15, 0.2) is 0 Å². The fraction of sp³-hybridized carbons (Fsp3) is 0.200. The largest absolute Gasteiger partial charge is 0.467 e. The number of carbonyl (C=O) groups is 2. The molecule has 2 amide bonds. The van der Waals surface area contributed by atoms with Crippen LogP contribution < -0.4 is 10.6 Å². The molecule has 8 heteroatoms. The van der Waals surface area contributed by atoms with Crippen LogP contribution in [0.3, 0.4) is 0 Å². The zero-order valence-corrected chi connectivity index (χ0v) is 12.1. The zero-order chi connectivity index (χ0) is 16.8. The normalized spacial score (nSPS) is 11.8. The predicted octanol–water partition coefficient (Wildman–Crippen LogP) is 2.00. The molecule has 0 bridgehead atoms. The van der Waals surface area contributed by atoms with Crippen molar-refractivity contribution >= 4 is 17.5 Å². The van der Waals surface area contributed by atoms with E-state index in [2.05, 4.69) is 5.32 Å². The molecule has 0 fully saturated rings. The summed E-state index contributed by atoms with van der Waals surface area (Å²) in [6.45, 7) is -0.0259. The second-order valence-corrected chi connectivity index (χ2v) is 4.53. The number of amides is 2. The number of ether oxygens (including phenoxy) is 1. The molecule has 2 N–H and O–H groups in total. The van der Waals surface area contributed by atoms with Gasteiger partial charge in [0.1, 0.15) is 23.5 Å². The highest BCUT2D eigenvalue weighted by Gasteiger charge is 2.19. The molecule has 23 heavy (non-hydrogen) atoms. The fourth-order valence-corrected chi connectivity index (χ4v) is 1.81. The first-order chi connectivity index (χ1) is 11.0. The Balaban J connectivity index is 1.92. The van der Waals surface area contributed by atoms with Crippen LogP contribution >= 0.6 is 0 Å². The van der Waals surface area contributed by atoms with Gasteiger partial charge in [0.25, 0.3) is 0 Å². The van der Waals surface area contributed by atoms with E-state index < -0.39 is 35.2 Å². The lowest BCUT2D eigenvalue weighted by molar-refractivity contribution is -0.136. The quantitative estimate of drug-likeness (QED) is 0.825. The molecule has 122 valence electrons. The molecule has 1 heterocycles. The van der Waals surface area contributed by atoms with Gasteiger partial charge in [-0.1, -0.05) is 0 Å². The number of benzene rings is 1. The Morgan fingerprint density at radius 1 is 1.26 bits per heavy atom. The van der Waals surface area contributed by atoms with Crippen molar-refractivity contribution in [2.45, 2.75) is 6.10 Å². The van der Waals surface area contributed by atoms with Crippen molar-refractivity contribution in [1.82, 2.24) is 5.32 Å². The van der Waals surface area contributed by atoms with Crippen molar-refractivity contribution in [1.29, 1.82) is 0 Å². The van der Waals surface area contributed by atoms with Gasteiger partial charge in [-0.05, 0) is 24.3 Å². The average molecular weight is 324 g/mol. The second-order valence-electron chi connectivity index (χ2n) is 4.53. The molecule has 0 saturated heterocycles. The Bertz CT molecular complexity index is 689. The van der Waals surface area contributed by atoms with Crippen molar-refractivity contribution in [2.24, 2.45) is 0 Å². The Hall–Kier alpha value is -2.74. The van der Waals surface area contributed by atoms with E-state index in [1.807, 2.05) is 5.32 Å². The average Bonchev–Trinajstić information content (AvgIpc) is 3.05. The van der Waals surface area contributed by atoms with Crippen LogP contribution in [0.25, 0.3) is 0 Å². The summed E-state index contributed by atoms with van der Waals surface area (Å²) < 4.78 is 36.7. The third kappa shape index (κ3) is 4.36. The molecular formula is C15H14F2N2O4. The number of furan rings is 1. The summed E-state index contributed by atoms with van der Waals surface area (Å²) in [7, 11) is 1.42. The number of hydrogen-bond acceptors (Lipinski definition) is 4. The lowest BCUT2D eigenvalue weighted by Gasteiger charge is -2.13. The molecule has 0 aliphatic carbocycles. The summed E-state index contributed by atoms with van der Waals surface area (Å²) in [6, 6.07) is 5.84. The van der Waals surface area contributed by atoms with Crippen LogP contribution in [0.1, 0.15) is 11.9 Å². The van der Waals surface area contributed by atoms with Crippen LogP contribution in [-0.4, -0.2) is 25.5 Å².